The maximum absolute atomic E-state index is 12.4. The Morgan fingerprint density at radius 1 is 0.395 bits per heavy atom. The van der Waals surface area contributed by atoms with E-state index < -0.39 is 69.6 Å². The van der Waals surface area contributed by atoms with Gasteiger partial charge >= 0.3 is 35.8 Å². The first-order valence-electron chi connectivity index (χ1n) is 11.9. The highest BCUT2D eigenvalue weighted by atomic mass is 16.5. The predicted octanol–water partition coefficient (Wildman–Crippen LogP) is 5.00. The molecule has 4 aromatic rings. The van der Waals surface area contributed by atoms with E-state index in [-0.39, 0.29) is 33.4 Å². The van der Waals surface area contributed by atoms with Gasteiger partial charge in [-0.1, -0.05) is 24.3 Å². The van der Waals surface area contributed by atoms with Gasteiger partial charge in [0.25, 0.3) is 0 Å². The van der Waals surface area contributed by atoms with E-state index in [4.69, 9.17) is 4.74 Å². The number of ether oxygens (including phenoxy) is 1. The maximum atomic E-state index is 12.4. The summed E-state index contributed by atoms with van der Waals surface area (Å²) in [5.41, 5.74) is -3.43. The molecule has 0 unspecified atom stereocenters. The van der Waals surface area contributed by atoms with E-state index in [1.54, 1.807) is 0 Å². The van der Waals surface area contributed by atoms with E-state index in [1.165, 1.54) is 60.7 Å². The van der Waals surface area contributed by atoms with Crippen LogP contribution in [0.1, 0.15) is 62.1 Å². The Morgan fingerprint density at radius 3 is 0.977 bits per heavy atom. The number of hydrogen-bond acceptors (Lipinski definition) is 7. The minimum atomic E-state index is -1.78. The quantitative estimate of drug-likeness (QED) is 0.144. The lowest BCUT2D eigenvalue weighted by molar-refractivity contribution is 0.0645. The normalized spacial score (nSPS) is 10.5. The third-order valence-corrected chi connectivity index (χ3v) is 6.29. The van der Waals surface area contributed by atoms with Crippen LogP contribution in [0, 0.1) is 0 Å². The van der Waals surface area contributed by atoms with Gasteiger partial charge in [0, 0.05) is 11.1 Å². The van der Waals surface area contributed by atoms with Gasteiger partial charge < -0.3 is 35.4 Å². The van der Waals surface area contributed by atoms with Gasteiger partial charge in [-0.25, -0.2) is 28.8 Å². The average Bonchev–Trinajstić information content (AvgIpc) is 2.96. The van der Waals surface area contributed by atoms with Crippen LogP contribution in [0.25, 0.3) is 22.3 Å². The minimum Gasteiger partial charge on any atom is -0.478 e. The summed E-state index contributed by atoms with van der Waals surface area (Å²) < 4.78 is 5.95. The van der Waals surface area contributed by atoms with E-state index in [2.05, 4.69) is 0 Å². The summed E-state index contributed by atoms with van der Waals surface area (Å²) in [4.78, 5) is 71.5. The van der Waals surface area contributed by atoms with E-state index in [0.29, 0.717) is 0 Å². The van der Waals surface area contributed by atoms with Crippen molar-refractivity contribution in [1.29, 1.82) is 0 Å². The topological polar surface area (TPSA) is 233 Å². The lowest BCUT2D eigenvalue weighted by atomic mass is 9.94. The van der Waals surface area contributed by atoms with Gasteiger partial charge in [-0.05, 0) is 59.7 Å². The Hall–Kier alpha value is -6.50. The number of hydrogen-bond donors (Lipinski definition) is 6. The van der Waals surface area contributed by atoms with Gasteiger partial charge in [-0.2, -0.15) is 0 Å². The lowest BCUT2D eigenvalue weighted by Crippen LogP contribution is -2.14. The van der Waals surface area contributed by atoms with Crippen molar-refractivity contribution in [3.05, 3.63) is 106 Å². The second-order valence-corrected chi connectivity index (χ2v) is 8.82. The molecular weight excluding hydrogens is 568 g/mol. The molecule has 13 heteroatoms. The third kappa shape index (κ3) is 5.71. The fourth-order valence-corrected chi connectivity index (χ4v) is 4.30. The van der Waals surface area contributed by atoms with Crippen molar-refractivity contribution in [3.63, 3.8) is 0 Å². The summed E-state index contributed by atoms with van der Waals surface area (Å²) in [7, 11) is 0. The van der Waals surface area contributed by atoms with Gasteiger partial charge in [-0.3, -0.25) is 0 Å². The first kappa shape index (κ1) is 29.5. The Labute approximate surface area is 240 Å². The van der Waals surface area contributed by atoms with Crippen LogP contribution >= 0.6 is 0 Å². The number of carboxylic acids is 6. The van der Waals surface area contributed by atoms with Crippen molar-refractivity contribution < 1.29 is 64.1 Å². The van der Waals surface area contributed by atoms with Gasteiger partial charge in [0.2, 0.25) is 0 Å². The van der Waals surface area contributed by atoms with Crippen LogP contribution in [0.3, 0.4) is 0 Å². The summed E-state index contributed by atoms with van der Waals surface area (Å²) >= 11 is 0. The summed E-state index contributed by atoms with van der Waals surface area (Å²) in [5, 5.41) is 58.1. The molecule has 0 heterocycles. The summed E-state index contributed by atoms with van der Waals surface area (Å²) in [5.74, 6) is -10.8. The first-order chi connectivity index (χ1) is 20.3. The zero-order valence-corrected chi connectivity index (χ0v) is 21.5. The molecular formula is C30H18O13. The molecule has 0 saturated carbocycles. The zero-order chi connectivity index (χ0) is 31.6. The molecule has 0 aliphatic rings. The van der Waals surface area contributed by atoms with E-state index in [9.17, 15) is 59.4 Å². The lowest BCUT2D eigenvalue weighted by Gasteiger charge is -2.20. The maximum Gasteiger partial charge on any atom is 0.340 e. The van der Waals surface area contributed by atoms with Crippen LogP contribution in [0.2, 0.25) is 0 Å². The molecule has 0 aliphatic heterocycles. The highest BCUT2D eigenvalue weighted by Gasteiger charge is 2.30. The SMILES string of the molecule is O=C(O)c1ccc(-c2ccc(C(=O)O)c(C(=O)O)c2Oc2c(-c3ccc(C(=O)O)cc3)ccc(C(=O)O)c2C(=O)O)cc1. The van der Waals surface area contributed by atoms with E-state index in [0.717, 1.165) is 12.1 Å². The fourth-order valence-electron chi connectivity index (χ4n) is 4.30. The average molecular weight is 586 g/mol. The largest absolute Gasteiger partial charge is 0.478 e. The molecule has 0 aliphatic carbocycles. The predicted molar refractivity (Wildman–Crippen MR) is 146 cm³/mol. The number of rotatable bonds is 10. The molecule has 0 bridgehead atoms. The van der Waals surface area contributed by atoms with Crippen molar-refractivity contribution >= 4 is 35.8 Å². The molecule has 0 radical (unpaired) electrons. The summed E-state index contributed by atoms with van der Waals surface area (Å²) in [6.07, 6.45) is 0. The molecule has 0 atom stereocenters. The highest BCUT2D eigenvalue weighted by Crippen LogP contribution is 2.44. The second-order valence-electron chi connectivity index (χ2n) is 8.82. The summed E-state index contributed by atoms with van der Waals surface area (Å²) in [6.45, 7) is 0. The van der Waals surface area contributed by atoms with Crippen molar-refractivity contribution in [3.8, 4) is 33.8 Å². The minimum absolute atomic E-state index is 0.0939. The first-order valence-corrected chi connectivity index (χ1v) is 11.9. The number of carboxylic acid groups (broad SMARTS) is 6. The van der Waals surface area contributed by atoms with Gasteiger partial charge in [0.15, 0.2) is 11.5 Å². The Morgan fingerprint density at radius 2 is 0.721 bits per heavy atom. The smallest absolute Gasteiger partial charge is 0.340 e. The number of aromatic carboxylic acids is 6. The Kier molecular flexibility index (Phi) is 7.91. The molecule has 13 nitrogen and oxygen atoms in total. The zero-order valence-electron chi connectivity index (χ0n) is 21.5. The molecule has 0 saturated heterocycles. The Balaban J connectivity index is 2.10. The van der Waals surface area contributed by atoms with E-state index >= 15 is 0 Å². The second kappa shape index (κ2) is 11.5. The highest BCUT2D eigenvalue weighted by molar-refractivity contribution is 6.08. The van der Waals surface area contributed by atoms with Crippen molar-refractivity contribution in [2.24, 2.45) is 0 Å². The van der Waals surface area contributed by atoms with Crippen molar-refractivity contribution in [2.45, 2.75) is 0 Å². The molecule has 0 fully saturated rings. The van der Waals surface area contributed by atoms with Crippen LogP contribution in [-0.4, -0.2) is 66.5 Å². The molecule has 43 heavy (non-hydrogen) atoms. The number of carbonyl (C=O) groups is 6. The molecule has 0 amide bonds. The molecule has 4 rings (SSSR count). The van der Waals surface area contributed by atoms with Crippen molar-refractivity contribution in [2.75, 3.05) is 0 Å². The molecule has 4 aromatic carbocycles. The van der Waals surface area contributed by atoms with Crippen LogP contribution in [0.5, 0.6) is 11.5 Å². The van der Waals surface area contributed by atoms with Crippen molar-refractivity contribution in [1.82, 2.24) is 0 Å². The molecule has 216 valence electrons. The van der Waals surface area contributed by atoms with Crippen LogP contribution < -0.4 is 4.74 Å². The van der Waals surface area contributed by atoms with Crippen LogP contribution in [0.15, 0.2) is 72.8 Å². The Bertz CT molecular complexity index is 1700. The summed E-state index contributed by atoms with van der Waals surface area (Å²) in [6, 6.07) is 14.2. The fraction of sp³-hybridized carbons (Fsp3) is 0. The van der Waals surface area contributed by atoms with Crippen LogP contribution in [0.4, 0.5) is 0 Å². The third-order valence-electron chi connectivity index (χ3n) is 6.29. The molecule has 0 spiro atoms. The van der Waals surface area contributed by atoms with Gasteiger partial charge in [0.1, 0.15) is 11.1 Å². The van der Waals surface area contributed by atoms with Gasteiger partial charge in [-0.15, -0.1) is 0 Å². The molecule has 0 aromatic heterocycles. The standard InChI is InChI=1S/C30H18O13/c31-25(32)15-5-1-13(2-6-15)17-9-11-19(27(35)36)21(29(39)40)23(17)43-24-18(14-3-7-16(8-4-14)26(33)34)10-12-20(28(37)38)22(24)30(41)42/h1-12H,(H,31,32)(H,33,34)(H,35,36)(H,37,38)(H,39,40)(H,41,42). The number of benzene rings is 4. The van der Waals surface area contributed by atoms with Gasteiger partial charge in [0.05, 0.1) is 22.3 Å². The van der Waals surface area contributed by atoms with Crippen LogP contribution in [-0.2, 0) is 0 Å². The van der Waals surface area contributed by atoms with E-state index in [1.807, 2.05) is 0 Å². The molecule has 6 N–H and O–H groups in total. The monoisotopic (exact) mass is 586 g/mol.